The maximum absolute atomic E-state index is 12.0. The van der Waals surface area contributed by atoms with Gasteiger partial charge in [-0.15, -0.1) is 0 Å². The van der Waals surface area contributed by atoms with Crippen molar-refractivity contribution in [3.8, 4) is 0 Å². The molecule has 0 saturated heterocycles. The predicted molar refractivity (Wildman–Crippen MR) is 81.8 cm³/mol. The van der Waals surface area contributed by atoms with Gasteiger partial charge in [0, 0.05) is 23.5 Å². The Labute approximate surface area is 125 Å². The smallest absolute Gasteiger partial charge is 0.347 e. The number of hydrogen-bond acceptors (Lipinski definition) is 4. The molecule has 1 aromatic heterocycles. The van der Waals surface area contributed by atoms with E-state index in [0.29, 0.717) is 23.5 Å². The van der Waals surface area contributed by atoms with Gasteiger partial charge in [0.1, 0.15) is 0 Å². The highest BCUT2D eigenvalue weighted by Crippen LogP contribution is 2.21. The molecule has 1 aromatic rings. The highest BCUT2D eigenvalue weighted by Gasteiger charge is 2.21. The fourth-order valence-electron chi connectivity index (χ4n) is 2.53. The Morgan fingerprint density at radius 1 is 1.33 bits per heavy atom. The molecule has 1 unspecified atom stereocenters. The van der Waals surface area contributed by atoms with E-state index >= 15 is 0 Å². The molecule has 0 aromatic carbocycles. The van der Waals surface area contributed by atoms with Crippen molar-refractivity contribution in [2.45, 2.75) is 46.1 Å². The second-order valence-corrected chi connectivity index (χ2v) is 5.70. The first-order valence-electron chi connectivity index (χ1n) is 7.21. The maximum Gasteiger partial charge on any atom is 0.347 e. The van der Waals surface area contributed by atoms with Crippen molar-refractivity contribution in [3.63, 3.8) is 0 Å². The van der Waals surface area contributed by atoms with Gasteiger partial charge >= 0.3 is 11.7 Å². The zero-order valence-corrected chi connectivity index (χ0v) is 13.5. The average molecular weight is 295 g/mol. The molecule has 0 aliphatic carbocycles. The Bertz CT molecular complexity index is 564. The standard InChI is InChI=1S/C15H25N3O3/c1-10(14(19)20)13-11(2)16-15(21)18(12(13)3)9-7-6-8-17(4)5/h10H,6-9H2,1-5H3,(H,19,20). The van der Waals surface area contributed by atoms with Crippen LogP contribution in [0, 0.1) is 13.8 Å². The van der Waals surface area contributed by atoms with E-state index in [1.165, 1.54) is 0 Å². The van der Waals surface area contributed by atoms with E-state index in [1.54, 1.807) is 25.3 Å². The van der Waals surface area contributed by atoms with Crippen molar-refractivity contribution in [2.75, 3.05) is 20.6 Å². The minimum atomic E-state index is -0.902. The Hall–Kier alpha value is -1.69. The third kappa shape index (κ3) is 4.39. The lowest BCUT2D eigenvalue weighted by atomic mass is 9.98. The molecule has 0 spiro atoms. The van der Waals surface area contributed by atoms with Gasteiger partial charge in [0.15, 0.2) is 0 Å². The van der Waals surface area contributed by atoms with Crippen LogP contribution in [0.15, 0.2) is 4.79 Å². The zero-order valence-electron chi connectivity index (χ0n) is 13.5. The van der Waals surface area contributed by atoms with E-state index in [0.717, 1.165) is 19.4 Å². The quantitative estimate of drug-likeness (QED) is 0.769. The minimum Gasteiger partial charge on any atom is -0.481 e. The monoisotopic (exact) mass is 295 g/mol. The van der Waals surface area contributed by atoms with Crippen molar-refractivity contribution >= 4 is 5.97 Å². The molecule has 0 bridgehead atoms. The first-order valence-corrected chi connectivity index (χ1v) is 7.21. The van der Waals surface area contributed by atoms with Gasteiger partial charge in [-0.1, -0.05) is 0 Å². The van der Waals surface area contributed by atoms with Crippen LogP contribution in [0.2, 0.25) is 0 Å². The molecule has 0 saturated carbocycles. The Kier molecular flexibility index (Phi) is 6.08. The number of aryl methyl sites for hydroxylation is 1. The van der Waals surface area contributed by atoms with Crippen molar-refractivity contribution in [2.24, 2.45) is 0 Å². The minimum absolute atomic E-state index is 0.295. The lowest BCUT2D eigenvalue weighted by molar-refractivity contribution is -0.138. The van der Waals surface area contributed by atoms with Gasteiger partial charge in [0.25, 0.3) is 0 Å². The Balaban J connectivity index is 3.02. The SMILES string of the molecule is Cc1nc(=O)n(CCCCN(C)C)c(C)c1C(C)C(=O)O. The highest BCUT2D eigenvalue weighted by molar-refractivity contribution is 5.76. The predicted octanol–water partition coefficient (Wildman–Crippen LogP) is 1.39. The summed E-state index contributed by atoms with van der Waals surface area (Å²) in [5.74, 6) is -1.56. The first kappa shape index (κ1) is 17.4. The second-order valence-electron chi connectivity index (χ2n) is 5.70. The molecule has 118 valence electrons. The summed E-state index contributed by atoms with van der Waals surface area (Å²) in [7, 11) is 4.02. The molecule has 1 rings (SSSR count). The molecule has 0 amide bonds. The molecule has 21 heavy (non-hydrogen) atoms. The van der Waals surface area contributed by atoms with Gasteiger partial charge in [-0.3, -0.25) is 9.36 Å². The lowest BCUT2D eigenvalue weighted by Crippen LogP contribution is -2.29. The van der Waals surface area contributed by atoms with Crippen LogP contribution in [-0.2, 0) is 11.3 Å². The van der Waals surface area contributed by atoms with Gasteiger partial charge in [-0.25, -0.2) is 4.79 Å². The van der Waals surface area contributed by atoms with E-state index < -0.39 is 11.9 Å². The van der Waals surface area contributed by atoms with Crippen LogP contribution >= 0.6 is 0 Å². The summed E-state index contributed by atoms with van der Waals surface area (Å²) in [6, 6.07) is 0. The molecular weight excluding hydrogens is 270 g/mol. The highest BCUT2D eigenvalue weighted by atomic mass is 16.4. The van der Waals surface area contributed by atoms with Crippen LogP contribution in [0.5, 0.6) is 0 Å². The van der Waals surface area contributed by atoms with E-state index in [1.807, 2.05) is 14.1 Å². The summed E-state index contributed by atoms with van der Waals surface area (Å²) in [5, 5.41) is 9.20. The van der Waals surface area contributed by atoms with Crippen molar-refractivity contribution in [1.29, 1.82) is 0 Å². The maximum atomic E-state index is 12.0. The fourth-order valence-corrected chi connectivity index (χ4v) is 2.53. The van der Waals surface area contributed by atoms with Gasteiger partial charge in [-0.05, 0) is 54.3 Å². The average Bonchev–Trinajstić information content (AvgIpc) is 2.36. The van der Waals surface area contributed by atoms with Crippen LogP contribution in [0.3, 0.4) is 0 Å². The van der Waals surface area contributed by atoms with Crippen LogP contribution < -0.4 is 5.69 Å². The number of hydrogen-bond donors (Lipinski definition) is 1. The summed E-state index contributed by atoms with van der Waals surface area (Å²) in [6.07, 6.45) is 1.85. The van der Waals surface area contributed by atoms with Gasteiger partial charge in [-0.2, -0.15) is 4.98 Å². The van der Waals surface area contributed by atoms with E-state index in [9.17, 15) is 14.7 Å². The van der Waals surface area contributed by atoms with Crippen LogP contribution in [0.1, 0.15) is 42.6 Å². The molecule has 6 heteroatoms. The summed E-state index contributed by atoms with van der Waals surface area (Å²) in [5.41, 5.74) is 1.58. The molecule has 0 aliphatic rings. The second kappa shape index (κ2) is 7.36. The Morgan fingerprint density at radius 3 is 2.48 bits per heavy atom. The molecular formula is C15H25N3O3. The van der Waals surface area contributed by atoms with Gasteiger partial charge in [0.2, 0.25) is 0 Å². The molecule has 0 aliphatic heterocycles. The van der Waals surface area contributed by atoms with Crippen molar-refractivity contribution in [1.82, 2.24) is 14.5 Å². The number of aromatic nitrogens is 2. The molecule has 1 heterocycles. The number of rotatable bonds is 7. The topological polar surface area (TPSA) is 75.4 Å². The van der Waals surface area contributed by atoms with Crippen LogP contribution in [0.4, 0.5) is 0 Å². The number of carboxylic acids is 1. The summed E-state index contributed by atoms with van der Waals surface area (Å²) < 4.78 is 1.59. The molecule has 0 radical (unpaired) electrons. The largest absolute Gasteiger partial charge is 0.481 e. The number of unbranched alkanes of at least 4 members (excludes halogenated alkanes) is 1. The number of nitrogens with zero attached hydrogens (tertiary/aromatic N) is 3. The number of carboxylic acid groups (broad SMARTS) is 1. The van der Waals surface area contributed by atoms with Crippen LogP contribution in [0.25, 0.3) is 0 Å². The van der Waals surface area contributed by atoms with E-state index in [-0.39, 0.29) is 5.69 Å². The normalized spacial score (nSPS) is 12.7. The number of aliphatic carboxylic acids is 1. The lowest BCUT2D eigenvalue weighted by Gasteiger charge is -2.18. The van der Waals surface area contributed by atoms with Gasteiger partial charge < -0.3 is 10.0 Å². The summed E-state index contributed by atoms with van der Waals surface area (Å²) in [4.78, 5) is 29.3. The van der Waals surface area contributed by atoms with E-state index in [2.05, 4.69) is 9.88 Å². The summed E-state index contributed by atoms with van der Waals surface area (Å²) in [6.45, 7) is 6.66. The first-order chi connectivity index (χ1) is 9.75. The molecule has 0 fully saturated rings. The van der Waals surface area contributed by atoms with Gasteiger partial charge in [0.05, 0.1) is 5.92 Å². The van der Waals surface area contributed by atoms with Crippen molar-refractivity contribution in [3.05, 3.63) is 27.4 Å². The van der Waals surface area contributed by atoms with E-state index in [4.69, 9.17) is 0 Å². The molecule has 1 atom stereocenters. The Morgan fingerprint density at radius 2 is 1.95 bits per heavy atom. The molecule has 6 nitrogen and oxygen atoms in total. The summed E-state index contributed by atoms with van der Waals surface area (Å²) >= 11 is 0. The fraction of sp³-hybridized carbons (Fsp3) is 0.667. The van der Waals surface area contributed by atoms with Crippen LogP contribution in [-0.4, -0.2) is 46.2 Å². The zero-order chi connectivity index (χ0) is 16.2. The third-order valence-corrected chi connectivity index (χ3v) is 3.72. The third-order valence-electron chi connectivity index (χ3n) is 3.72. The van der Waals surface area contributed by atoms with Crippen molar-refractivity contribution < 1.29 is 9.90 Å². The number of carbonyl (C=O) groups is 1. The molecule has 1 N–H and O–H groups in total.